The van der Waals surface area contributed by atoms with Gasteiger partial charge in [0.1, 0.15) is 12.4 Å². The summed E-state index contributed by atoms with van der Waals surface area (Å²) in [6.07, 6.45) is 8.20. The van der Waals surface area contributed by atoms with E-state index in [4.69, 9.17) is 4.74 Å². The molecule has 1 N–H and O–H groups in total. The molecule has 0 bridgehead atoms. The average molecular weight is 456 g/mol. The normalized spacial score (nSPS) is 14.6. The number of nitrogens with zero attached hydrogens (tertiary/aromatic N) is 2. The van der Waals surface area contributed by atoms with Gasteiger partial charge in [0.2, 0.25) is 11.8 Å². The molecular formula is C25H33N3O3S. The monoisotopic (exact) mass is 455 g/mol. The SMILES string of the molecule is CCCCCNC(=O)C1CCN(C(=O)C=Cc2ccc(OCc3csc(C)n3)cc2)CC1. The summed E-state index contributed by atoms with van der Waals surface area (Å²) in [5.74, 6) is 0.918. The van der Waals surface area contributed by atoms with Gasteiger partial charge in [-0.15, -0.1) is 11.3 Å². The van der Waals surface area contributed by atoms with Gasteiger partial charge in [0.15, 0.2) is 0 Å². The van der Waals surface area contributed by atoms with Gasteiger partial charge in [-0.25, -0.2) is 4.98 Å². The first kappa shape index (κ1) is 24.0. The highest BCUT2D eigenvalue weighted by atomic mass is 32.1. The molecule has 0 radical (unpaired) electrons. The Hall–Kier alpha value is -2.67. The van der Waals surface area contributed by atoms with Crippen LogP contribution >= 0.6 is 11.3 Å². The molecule has 6 nitrogen and oxygen atoms in total. The summed E-state index contributed by atoms with van der Waals surface area (Å²) in [7, 11) is 0. The van der Waals surface area contributed by atoms with E-state index in [0.29, 0.717) is 19.7 Å². The Kier molecular flexibility index (Phi) is 9.28. The van der Waals surface area contributed by atoms with Gasteiger partial charge in [-0.05, 0) is 50.0 Å². The van der Waals surface area contributed by atoms with E-state index in [2.05, 4.69) is 17.2 Å². The fraction of sp³-hybridized carbons (Fsp3) is 0.480. The maximum absolute atomic E-state index is 12.5. The number of hydrogen-bond donors (Lipinski definition) is 1. The van der Waals surface area contributed by atoms with Crippen molar-refractivity contribution in [3.63, 3.8) is 0 Å². The van der Waals surface area contributed by atoms with E-state index < -0.39 is 0 Å². The molecule has 1 aromatic heterocycles. The fourth-order valence-electron chi connectivity index (χ4n) is 3.67. The summed E-state index contributed by atoms with van der Waals surface area (Å²) in [5.41, 5.74) is 1.87. The molecule has 2 amide bonds. The minimum absolute atomic E-state index is 0.00830. The van der Waals surface area contributed by atoms with Crippen LogP contribution in [0.15, 0.2) is 35.7 Å². The Morgan fingerprint density at radius 1 is 1.22 bits per heavy atom. The van der Waals surface area contributed by atoms with Gasteiger partial charge in [0.05, 0.1) is 10.7 Å². The molecule has 0 unspecified atom stereocenters. The smallest absolute Gasteiger partial charge is 0.246 e. The van der Waals surface area contributed by atoms with E-state index in [9.17, 15) is 9.59 Å². The second-order valence-corrected chi connectivity index (χ2v) is 9.21. The van der Waals surface area contributed by atoms with E-state index in [1.165, 1.54) is 0 Å². The zero-order chi connectivity index (χ0) is 22.8. The predicted molar refractivity (Wildman–Crippen MR) is 128 cm³/mol. The minimum atomic E-state index is -0.00830. The highest BCUT2D eigenvalue weighted by molar-refractivity contribution is 7.09. The van der Waals surface area contributed by atoms with E-state index in [0.717, 1.165) is 60.7 Å². The van der Waals surface area contributed by atoms with Crippen molar-refractivity contribution in [3.8, 4) is 5.75 Å². The Balaban J connectivity index is 1.40. The zero-order valence-electron chi connectivity index (χ0n) is 19.0. The molecule has 2 aromatic rings. The molecule has 0 saturated carbocycles. The van der Waals surface area contributed by atoms with Crippen LogP contribution in [-0.2, 0) is 16.2 Å². The molecule has 2 heterocycles. The largest absolute Gasteiger partial charge is 0.487 e. The summed E-state index contributed by atoms with van der Waals surface area (Å²) in [6.45, 7) is 6.58. The molecular weight excluding hydrogens is 422 g/mol. The molecule has 0 atom stereocenters. The van der Waals surface area contributed by atoms with Crippen molar-refractivity contribution in [2.24, 2.45) is 5.92 Å². The molecule has 32 heavy (non-hydrogen) atoms. The number of likely N-dealkylation sites (tertiary alicyclic amines) is 1. The topological polar surface area (TPSA) is 71.5 Å². The van der Waals surface area contributed by atoms with Gasteiger partial charge in [-0.3, -0.25) is 9.59 Å². The number of aryl methyl sites for hydroxylation is 1. The third kappa shape index (κ3) is 7.48. The second-order valence-electron chi connectivity index (χ2n) is 8.15. The molecule has 172 valence electrons. The first-order chi connectivity index (χ1) is 15.5. The average Bonchev–Trinajstić information content (AvgIpc) is 3.24. The van der Waals surface area contributed by atoms with Crippen molar-refractivity contribution >= 4 is 29.2 Å². The lowest BCUT2D eigenvalue weighted by atomic mass is 9.95. The van der Waals surface area contributed by atoms with Gasteiger partial charge >= 0.3 is 0 Å². The van der Waals surface area contributed by atoms with Crippen molar-refractivity contribution in [1.29, 1.82) is 0 Å². The maximum Gasteiger partial charge on any atom is 0.246 e. The number of hydrogen-bond acceptors (Lipinski definition) is 5. The number of amides is 2. The Morgan fingerprint density at radius 3 is 2.62 bits per heavy atom. The van der Waals surface area contributed by atoms with Crippen molar-refractivity contribution in [1.82, 2.24) is 15.2 Å². The third-order valence-electron chi connectivity index (χ3n) is 5.61. The summed E-state index contributed by atoms with van der Waals surface area (Å²) >= 11 is 1.61. The third-order valence-corrected chi connectivity index (χ3v) is 6.43. The van der Waals surface area contributed by atoms with Crippen LogP contribution < -0.4 is 10.1 Å². The van der Waals surface area contributed by atoms with Gasteiger partial charge in [-0.2, -0.15) is 0 Å². The molecule has 3 rings (SSSR count). The molecule has 1 aliphatic rings. The quantitative estimate of drug-likeness (QED) is 0.420. The molecule has 1 aromatic carbocycles. The molecule has 0 aliphatic carbocycles. The van der Waals surface area contributed by atoms with Crippen LogP contribution in [0.25, 0.3) is 6.08 Å². The van der Waals surface area contributed by atoms with Crippen LogP contribution in [-0.4, -0.2) is 41.3 Å². The maximum atomic E-state index is 12.5. The first-order valence-corrected chi connectivity index (χ1v) is 12.3. The van der Waals surface area contributed by atoms with Gasteiger partial charge < -0.3 is 15.0 Å². The van der Waals surface area contributed by atoms with E-state index in [-0.39, 0.29) is 17.7 Å². The van der Waals surface area contributed by atoms with Crippen molar-refractivity contribution in [3.05, 3.63) is 52.0 Å². The predicted octanol–water partition coefficient (Wildman–Crippen LogP) is 4.59. The van der Waals surface area contributed by atoms with Crippen LogP contribution in [0.5, 0.6) is 5.75 Å². The number of aromatic nitrogens is 1. The van der Waals surface area contributed by atoms with Crippen LogP contribution in [0, 0.1) is 12.8 Å². The second kappa shape index (κ2) is 12.4. The Labute approximate surface area is 194 Å². The zero-order valence-corrected chi connectivity index (χ0v) is 19.8. The summed E-state index contributed by atoms with van der Waals surface area (Å²) in [6, 6.07) is 7.66. The van der Waals surface area contributed by atoms with Crippen molar-refractivity contribution in [2.45, 2.75) is 52.6 Å². The van der Waals surface area contributed by atoms with Crippen molar-refractivity contribution < 1.29 is 14.3 Å². The molecule has 7 heteroatoms. The summed E-state index contributed by atoms with van der Waals surface area (Å²) in [5, 5.41) is 6.06. The van der Waals surface area contributed by atoms with E-state index in [1.54, 1.807) is 17.4 Å². The van der Waals surface area contributed by atoms with Crippen LogP contribution in [0.1, 0.15) is 55.3 Å². The molecule has 1 saturated heterocycles. The standard InChI is InChI=1S/C25H33N3O3S/c1-3-4-5-14-26-25(30)21-12-15-28(16-13-21)24(29)11-8-20-6-9-23(10-7-20)31-17-22-18-32-19(2)27-22/h6-11,18,21H,3-5,12-17H2,1-2H3,(H,26,30). The molecule has 1 aliphatic heterocycles. The highest BCUT2D eigenvalue weighted by Gasteiger charge is 2.26. The number of piperidine rings is 1. The Bertz CT molecular complexity index is 899. The number of carbonyl (C=O) groups is 2. The summed E-state index contributed by atoms with van der Waals surface area (Å²) in [4.78, 5) is 31.0. The Morgan fingerprint density at radius 2 is 1.97 bits per heavy atom. The number of thiazole rings is 1. The number of carbonyl (C=O) groups excluding carboxylic acids is 2. The van der Waals surface area contributed by atoms with Crippen LogP contribution in [0.4, 0.5) is 0 Å². The number of nitrogens with one attached hydrogen (secondary N) is 1. The number of unbranched alkanes of at least 4 members (excludes halogenated alkanes) is 2. The van der Waals surface area contributed by atoms with Gasteiger partial charge in [0.25, 0.3) is 0 Å². The van der Waals surface area contributed by atoms with Gasteiger partial charge in [0, 0.05) is 37.0 Å². The summed E-state index contributed by atoms with van der Waals surface area (Å²) < 4.78 is 5.76. The van der Waals surface area contributed by atoms with Gasteiger partial charge in [-0.1, -0.05) is 31.9 Å². The van der Waals surface area contributed by atoms with Crippen molar-refractivity contribution in [2.75, 3.05) is 19.6 Å². The number of rotatable bonds is 10. The molecule has 0 spiro atoms. The van der Waals surface area contributed by atoms with E-state index >= 15 is 0 Å². The lowest BCUT2D eigenvalue weighted by Crippen LogP contribution is -2.42. The number of ether oxygens (including phenoxy) is 1. The van der Waals surface area contributed by atoms with Crippen LogP contribution in [0.3, 0.4) is 0 Å². The lowest BCUT2D eigenvalue weighted by molar-refractivity contribution is -0.132. The molecule has 1 fully saturated rings. The van der Waals surface area contributed by atoms with Crippen LogP contribution in [0.2, 0.25) is 0 Å². The lowest BCUT2D eigenvalue weighted by Gasteiger charge is -2.30. The highest BCUT2D eigenvalue weighted by Crippen LogP contribution is 2.19. The number of benzene rings is 1. The minimum Gasteiger partial charge on any atom is -0.487 e. The fourth-order valence-corrected chi connectivity index (χ4v) is 4.27. The first-order valence-electron chi connectivity index (χ1n) is 11.4. The van der Waals surface area contributed by atoms with E-state index in [1.807, 2.05) is 47.5 Å².